The Balaban J connectivity index is 1.58. The van der Waals surface area contributed by atoms with E-state index in [1.54, 1.807) is 5.57 Å². The van der Waals surface area contributed by atoms with E-state index in [9.17, 15) is 0 Å². The summed E-state index contributed by atoms with van der Waals surface area (Å²) in [5.41, 5.74) is 3.44. The molecule has 0 radical (unpaired) electrons. The Labute approximate surface area is 119 Å². The van der Waals surface area contributed by atoms with Crippen molar-refractivity contribution < 1.29 is 0 Å². The van der Waals surface area contributed by atoms with Gasteiger partial charge in [-0.15, -0.1) is 0 Å². The van der Waals surface area contributed by atoms with Crippen molar-refractivity contribution in [2.45, 2.75) is 47.0 Å². The van der Waals surface area contributed by atoms with E-state index in [4.69, 9.17) is 0 Å². The zero-order valence-electron chi connectivity index (χ0n) is 13.4. The van der Waals surface area contributed by atoms with Crippen LogP contribution in [0.25, 0.3) is 0 Å². The number of allylic oxidation sites excluding steroid dienone is 2. The van der Waals surface area contributed by atoms with Gasteiger partial charge in [-0.25, -0.2) is 0 Å². The Morgan fingerprint density at radius 2 is 2.00 bits per heavy atom. The fraction of sp³-hybridized carbons (Fsp3) is 0.889. The first-order chi connectivity index (χ1) is 9.06. The third-order valence-corrected chi connectivity index (χ3v) is 6.31. The molecule has 3 rings (SSSR count). The lowest BCUT2D eigenvalue weighted by atomic mass is 9.66. The zero-order valence-corrected chi connectivity index (χ0v) is 13.4. The number of hydrogen-bond acceptors (Lipinski definition) is 1. The summed E-state index contributed by atoms with van der Waals surface area (Å²) < 4.78 is 0. The monoisotopic (exact) mass is 261 g/mol. The van der Waals surface area contributed by atoms with Gasteiger partial charge in [0, 0.05) is 0 Å². The Morgan fingerprint density at radius 1 is 1.32 bits per heavy atom. The summed E-state index contributed by atoms with van der Waals surface area (Å²) >= 11 is 0. The molecule has 1 N–H and O–H groups in total. The van der Waals surface area contributed by atoms with Crippen LogP contribution < -0.4 is 5.32 Å². The maximum atomic E-state index is 3.43. The molecule has 3 saturated carbocycles. The quantitative estimate of drug-likeness (QED) is 0.710. The highest BCUT2D eigenvalue weighted by atomic mass is 14.9. The fourth-order valence-electron chi connectivity index (χ4n) is 5.02. The van der Waals surface area contributed by atoms with Crippen molar-refractivity contribution in [3.63, 3.8) is 0 Å². The van der Waals surface area contributed by atoms with Crippen molar-refractivity contribution in [3.05, 3.63) is 11.1 Å². The highest BCUT2D eigenvalue weighted by molar-refractivity contribution is 5.42. The number of hydrogen-bond donors (Lipinski definition) is 1. The number of rotatable bonds is 6. The standard InChI is InChI=1S/C18H31N/c1-10(2)15-17-14(9-19-5)16(18(15)17)11(3)6-7-13-8-12(13)4/h11-14,16-19H,6-9H2,1-5H3. The third kappa shape index (κ3) is 2.28. The van der Waals surface area contributed by atoms with E-state index in [2.05, 4.69) is 40.1 Å². The molecule has 0 saturated heterocycles. The zero-order chi connectivity index (χ0) is 13.7. The van der Waals surface area contributed by atoms with Crippen molar-refractivity contribution >= 4 is 0 Å². The molecule has 7 atom stereocenters. The van der Waals surface area contributed by atoms with Gasteiger partial charge in [-0.2, -0.15) is 0 Å². The number of nitrogens with one attached hydrogen (secondary N) is 1. The summed E-state index contributed by atoms with van der Waals surface area (Å²) in [5, 5.41) is 3.43. The van der Waals surface area contributed by atoms with Gasteiger partial charge in [0.1, 0.15) is 0 Å². The van der Waals surface area contributed by atoms with Gasteiger partial charge in [0.15, 0.2) is 0 Å². The first-order valence-corrected chi connectivity index (χ1v) is 8.38. The van der Waals surface area contributed by atoms with Crippen molar-refractivity contribution in [2.75, 3.05) is 13.6 Å². The van der Waals surface area contributed by atoms with Crippen LogP contribution in [0.2, 0.25) is 0 Å². The van der Waals surface area contributed by atoms with Crippen LogP contribution in [0.5, 0.6) is 0 Å². The van der Waals surface area contributed by atoms with E-state index in [1.165, 1.54) is 25.8 Å². The minimum atomic E-state index is 0.934. The van der Waals surface area contributed by atoms with Crippen molar-refractivity contribution in [2.24, 2.45) is 41.4 Å². The Hall–Kier alpha value is -0.300. The van der Waals surface area contributed by atoms with Crippen LogP contribution in [0.4, 0.5) is 0 Å². The van der Waals surface area contributed by atoms with Crippen LogP contribution in [-0.4, -0.2) is 13.6 Å². The van der Waals surface area contributed by atoms with Gasteiger partial charge in [0.2, 0.25) is 0 Å². The summed E-state index contributed by atoms with van der Waals surface area (Å²) in [6, 6.07) is 0. The Bertz CT molecular complexity index is 379. The van der Waals surface area contributed by atoms with Gasteiger partial charge in [0.05, 0.1) is 0 Å². The maximum absolute atomic E-state index is 3.43. The maximum Gasteiger partial charge on any atom is -0.00146 e. The van der Waals surface area contributed by atoms with Gasteiger partial charge in [-0.05, 0) is 81.7 Å². The van der Waals surface area contributed by atoms with Crippen LogP contribution >= 0.6 is 0 Å². The fourth-order valence-corrected chi connectivity index (χ4v) is 5.02. The minimum absolute atomic E-state index is 0.934. The molecule has 3 aliphatic rings. The molecule has 19 heavy (non-hydrogen) atoms. The predicted octanol–water partition coefficient (Wildman–Crippen LogP) is 4.11. The predicted molar refractivity (Wildman–Crippen MR) is 81.9 cm³/mol. The Morgan fingerprint density at radius 3 is 2.53 bits per heavy atom. The molecule has 0 aromatic heterocycles. The second kappa shape index (κ2) is 4.91. The first kappa shape index (κ1) is 13.7. The van der Waals surface area contributed by atoms with E-state index in [0.717, 1.165) is 41.4 Å². The molecular formula is C18H31N. The third-order valence-electron chi connectivity index (χ3n) is 6.31. The lowest BCUT2D eigenvalue weighted by Crippen LogP contribution is -2.40. The molecule has 0 bridgehead atoms. The molecule has 1 heteroatoms. The second-order valence-electron chi connectivity index (χ2n) is 7.83. The van der Waals surface area contributed by atoms with Crippen molar-refractivity contribution in [1.82, 2.24) is 5.32 Å². The average molecular weight is 261 g/mol. The molecule has 0 spiro atoms. The molecular weight excluding hydrogens is 230 g/mol. The topological polar surface area (TPSA) is 12.0 Å². The van der Waals surface area contributed by atoms with Gasteiger partial charge in [-0.3, -0.25) is 0 Å². The first-order valence-electron chi connectivity index (χ1n) is 8.38. The normalized spacial score (nSPS) is 44.4. The molecule has 0 heterocycles. The highest BCUT2D eigenvalue weighted by Gasteiger charge is 2.66. The van der Waals surface area contributed by atoms with Crippen molar-refractivity contribution in [3.8, 4) is 0 Å². The Kier molecular flexibility index (Phi) is 3.53. The summed E-state index contributed by atoms with van der Waals surface area (Å²) in [6.07, 6.45) is 4.47. The van der Waals surface area contributed by atoms with Gasteiger partial charge < -0.3 is 5.32 Å². The molecule has 3 fully saturated rings. The molecule has 7 unspecified atom stereocenters. The lowest BCUT2D eigenvalue weighted by Gasteiger charge is -2.39. The van der Waals surface area contributed by atoms with Crippen LogP contribution in [0.1, 0.15) is 47.0 Å². The van der Waals surface area contributed by atoms with E-state index >= 15 is 0 Å². The van der Waals surface area contributed by atoms with Crippen LogP contribution in [0.15, 0.2) is 11.1 Å². The SMILES string of the molecule is CNCC1C2C(=C(C)C)C2C1C(C)CCC1CC1C. The highest BCUT2D eigenvalue weighted by Crippen LogP contribution is 2.71. The summed E-state index contributed by atoms with van der Waals surface area (Å²) in [5.74, 6) is 6.90. The minimum Gasteiger partial charge on any atom is -0.319 e. The molecule has 0 amide bonds. The van der Waals surface area contributed by atoms with Crippen LogP contribution in [0, 0.1) is 41.4 Å². The largest absolute Gasteiger partial charge is 0.319 e. The number of fused-ring (bicyclic) bond motifs is 1. The molecule has 0 aromatic rings. The summed E-state index contributed by atoms with van der Waals surface area (Å²) in [4.78, 5) is 0. The van der Waals surface area contributed by atoms with E-state index in [1.807, 2.05) is 5.57 Å². The van der Waals surface area contributed by atoms with Crippen molar-refractivity contribution in [1.29, 1.82) is 0 Å². The molecule has 0 aliphatic heterocycles. The second-order valence-corrected chi connectivity index (χ2v) is 7.83. The summed E-state index contributed by atoms with van der Waals surface area (Å²) in [7, 11) is 2.12. The van der Waals surface area contributed by atoms with E-state index < -0.39 is 0 Å². The van der Waals surface area contributed by atoms with E-state index in [-0.39, 0.29) is 0 Å². The van der Waals surface area contributed by atoms with Gasteiger partial charge >= 0.3 is 0 Å². The molecule has 3 aliphatic carbocycles. The smallest absolute Gasteiger partial charge is 0.00146 e. The molecule has 1 nitrogen and oxygen atoms in total. The average Bonchev–Trinajstić information content (AvgIpc) is 3.20. The molecule has 0 aromatic carbocycles. The van der Waals surface area contributed by atoms with E-state index in [0.29, 0.717) is 0 Å². The lowest BCUT2D eigenvalue weighted by molar-refractivity contribution is 0.0880. The molecule has 108 valence electrons. The van der Waals surface area contributed by atoms with Crippen LogP contribution in [-0.2, 0) is 0 Å². The van der Waals surface area contributed by atoms with Gasteiger partial charge in [-0.1, -0.05) is 31.4 Å². The van der Waals surface area contributed by atoms with Gasteiger partial charge in [0.25, 0.3) is 0 Å². The van der Waals surface area contributed by atoms with Crippen LogP contribution in [0.3, 0.4) is 0 Å². The summed E-state index contributed by atoms with van der Waals surface area (Å²) in [6.45, 7) is 10.8.